The molecule has 22 heavy (non-hydrogen) atoms. The molecule has 0 spiro atoms. The van der Waals surface area contributed by atoms with E-state index in [9.17, 15) is 4.79 Å². The number of nitrogens with zero attached hydrogens (tertiary/aromatic N) is 1. The zero-order chi connectivity index (χ0) is 14.5. The summed E-state index contributed by atoms with van der Waals surface area (Å²) in [5.41, 5.74) is 1.30. The van der Waals surface area contributed by atoms with Gasteiger partial charge in [-0.15, -0.1) is 12.4 Å². The molecule has 0 aliphatic carbocycles. The SMILES string of the molecule is Cl.O=C(C1CCCNC1)N1CCCCCC1c1ccccc1. The largest absolute Gasteiger partial charge is 0.335 e. The molecule has 1 aromatic carbocycles. The number of nitrogens with one attached hydrogen (secondary N) is 1. The molecule has 0 radical (unpaired) electrons. The Bertz CT molecular complexity index is 459. The minimum Gasteiger partial charge on any atom is -0.335 e. The van der Waals surface area contributed by atoms with E-state index in [4.69, 9.17) is 0 Å². The number of piperidine rings is 1. The highest BCUT2D eigenvalue weighted by atomic mass is 35.5. The summed E-state index contributed by atoms with van der Waals surface area (Å²) in [5, 5.41) is 3.38. The molecular weight excluding hydrogens is 296 g/mol. The standard InChI is InChI=1S/C18H26N2O.ClH/c21-18(16-10-7-12-19-14-16)20-13-6-2-5-11-17(20)15-8-3-1-4-9-15;/h1,3-4,8-9,16-17,19H,2,5-7,10-14H2;1H. The van der Waals surface area contributed by atoms with Crippen LogP contribution >= 0.6 is 12.4 Å². The van der Waals surface area contributed by atoms with E-state index in [-0.39, 0.29) is 24.4 Å². The lowest BCUT2D eigenvalue weighted by atomic mass is 9.95. The first-order chi connectivity index (χ1) is 10.4. The summed E-state index contributed by atoms with van der Waals surface area (Å²) in [6, 6.07) is 10.9. The van der Waals surface area contributed by atoms with Gasteiger partial charge in [-0.2, -0.15) is 0 Å². The Hall–Kier alpha value is -1.06. The lowest BCUT2D eigenvalue weighted by molar-refractivity contribution is -0.138. The van der Waals surface area contributed by atoms with Gasteiger partial charge in [0.25, 0.3) is 0 Å². The molecule has 1 amide bonds. The van der Waals surface area contributed by atoms with Crippen molar-refractivity contribution < 1.29 is 4.79 Å². The summed E-state index contributed by atoms with van der Waals surface area (Å²) in [6.07, 6.45) is 6.90. The van der Waals surface area contributed by atoms with Crippen LogP contribution in [0.3, 0.4) is 0 Å². The predicted molar refractivity (Wildman–Crippen MR) is 92.2 cm³/mol. The molecule has 2 saturated heterocycles. The summed E-state index contributed by atoms with van der Waals surface area (Å²) in [5.74, 6) is 0.556. The first kappa shape index (κ1) is 17.3. The van der Waals surface area contributed by atoms with Gasteiger partial charge in [0.15, 0.2) is 0 Å². The van der Waals surface area contributed by atoms with Crippen LogP contribution in [-0.4, -0.2) is 30.4 Å². The molecule has 4 heteroatoms. The van der Waals surface area contributed by atoms with Crippen LogP contribution < -0.4 is 5.32 Å². The van der Waals surface area contributed by atoms with Gasteiger partial charge in [-0.25, -0.2) is 0 Å². The number of hydrogen-bond donors (Lipinski definition) is 1. The fourth-order valence-corrected chi connectivity index (χ4v) is 3.69. The monoisotopic (exact) mass is 322 g/mol. The summed E-state index contributed by atoms with van der Waals surface area (Å²) >= 11 is 0. The normalized spacial score (nSPS) is 25.9. The molecule has 2 fully saturated rings. The topological polar surface area (TPSA) is 32.3 Å². The number of benzene rings is 1. The van der Waals surface area contributed by atoms with Crippen LogP contribution in [0.25, 0.3) is 0 Å². The van der Waals surface area contributed by atoms with Gasteiger partial charge in [0.05, 0.1) is 12.0 Å². The van der Waals surface area contributed by atoms with Gasteiger partial charge < -0.3 is 10.2 Å². The molecule has 1 aromatic rings. The first-order valence-corrected chi connectivity index (χ1v) is 8.42. The fourth-order valence-electron chi connectivity index (χ4n) is 3.69. The minimum absolute atomic E-state index is 0. The molecule has 122 valence electrons. The second kappa shape index (κ2) is 8.54. The Morgan fingerprint density at radius 1 is 1.05 bits per heavy atom. The number of rotatable bonds is 2. The number of hydrogen-bond acceptors (Lipinski definition) is 2. The zero-order valence-electron chi connectivity index (χ0n) is 13.2. The maximum atomic E-state index is 13.0. The van der Waals surface area contributed by atoms with Crippen molar-refractivity contribution in [3.05, 3.63) is 35.9 Å². The molecule has 3 rings (SSSR count). The smallest absolute Gasteiger partial charge is 0.227 e. The molecule has 1 N–H and O–H groups in total. The molecule has 2 heterocycles. The van der Waals surface area contributed by atoms with Crippen molar-refractivity contribution in [3.8, 4) is 0 Å². The van der Waals surface area contributed by atoms with Crippen molar-refractivity contribution in [2.45, 2.75) is 44.6 Å². The van der Waals surface area contributed by atoms with E-state index in [1.807, 2.05) is 0 Å². The van der Waals surface area contributed by atoms with Gasteiger partial charge in [0, 0.05) is 13.1 Å². The second-order valence-corrected chi connectivity index (χ2v) is 6.35. The van der Waals surface area contributed by atoms with Gasteiger partial charge in [-0.1, -0.05) is 43.2 Å². The van der Waals surface area contributed by atoms with Crippen LogP contribution in [0.5, 0.6) is 0 Å². The van der Waals surface area contributed by atoms with E-state index in [0.29, 0.717) is 5.91 Å². The quantitative estimate of drug-likeness (QED) is 0.903. The molecule has 2 aliphatic rings. The number of carbonyl (C=O) groups excluding carboxylic acids is 1. The first-order valence-electron chi connectivity index (χ1n) is 8.42. The Balaban J connectivity index is 0.00000176. The van der Waals surface area contributed by atoms with Crippen molar-refractivity contribution in [1.82, 2.24) is 10.2 Å². The molecule has 2 unspecified atom stereocenters. The average Bonchev–Trinajstić information content (AvgIpc) is 2.81. The number of amides is 1. The molecule has 0 saturated carbocycles. The Labute approximate surface area is 139 Å². The fraction of sp³-hybridized carbons (Fsp3) is 0.611. The minimum atomic E-state index is 0. The van der Waals surface area contributed by atoms with Crippen molar-refractivity contribution in [1.29, 1.82) is 0 Å². The van der Waals surface area contributed by atoms with Gasteiger partial charge in [-0.3, -0.25) is 4.79 Å². The highest BCUT2D eigenvalue weighted by Crippen LogP contribution is 2.32. The maximum Gasteiger partial charge on any atom is 0.227 e. The van der Waals surface area contributed by atoms with Crippen molar-refractivity contribution in [3.63, 3.8) is 0 Å². The van der Waals surface area contributed by atoms with Crippen LogP contribution in [0.1, 0.15) is 50.1 Å². The predicted octanol–water partition coefficient (Wildman–Crippen LogP) is 3.55. The van der Waals surface area contributed by atoms with Crippen LogP contribution in [0, 0.1) is 5.92 Å². The molecule has 2 atom stereocenters. The Morgan fingerprint density at radius 2 is 1.86 bits per heavy atom. The van der Waals surface area contributed by atoms with E-state index in [2.05, 4.69) is 40.5 Å². The summed E-state index contributed by atoms with van der Waals surface area (Å²) in [6.45, 7) is 2.84. The average molecular weight is 323 g/mol. The Morgan fingerprint density at radius 3 is 2.59 bits per heavy atom. The number of carbonyl (C=O) groups is 1. The van der Waals surface area contributed by atoms with Crippen molar-refractivity contribution in [2.24, 2.45) is 5.92 Å². The highest BCUT2D eigenvalue weighted by Gasteiger charge is 2.31. The van der Waals surface area contributed by atoms with E-state index in [1.165, 1.54) is 18.4 Å². The summed E-state index contributed by atoms with van der Waals surface area (Å²) < 4.78 is 0. The highest BCUT2D eigenvalue weighted by molar-refractivity contribution is 5.85. The van der Waals surface area contributed by atoms with Gasteiger partial charge in [0.2, 0.25) is 5.91 Å². The lowest BCUT2D eigenvalue weighted by Gasteiger charge is -2.35. The van der Waals surface area contributed by atoms with E-state index >= 15 is 0 Å². The summed E-state index contributed by atoms with van der Waals surface area (Å²) in [7, 11) is 0. The van der Waals surface area contributed by atoms with Crippen LogP contribution in [0.4, 0.5) is 0 Å². The number of likely N-dealkylation sites (tertiary alicyclic amines) is 1. The van der Waals surface area contributed by atoms with Gasteiger partial charge >= 0.3 is 0 Å². The van der Waals surface area contributed by atoms with Gasteiger partial charge in [-0.05, 0) is 37.8 Å². The van der Waals surface area contributed by atoms with E-state index in [0.717, 1.165) is 45.3 Å². The molecule has 0 bridgehead atoms. The Kier molecular flexibility index (Phi) is 6.71. The van der Waals surface area contributed by atoms with E-state index < -0.39 is 0 Å². The molecular formula is C18H27ClN2O. The van der Waals surface area contributed by atoms with Crippen LogP contribution in [0.2, 0.25) is 0 Å². The van der Waals surface area contributed by atoms with Crippen molar-refractivity contribution in [2.75, 3.05) is 19.6 Å². The third-order valence-corrected chi connectivity index (χ3v) is 4.87. The molecule has 0 aromatic heterocycles. The van der Waals surface area contributed by atoms with Crippen LogP contribution in [0.15, 0.2) is 30.3 Å². The lowest BCUT2D eigenvalue weighted by Crippen LogP contribution is -2.44. The maximum absolute atomic E-state index is 13.0. The van der Waals surface area contributed by atoms with Crippen LogP contribution in [-0.2, 0) is 4.79 Å². The second-order valence-electron chi connectivity index (χ2n) is 6.35. The molecule has 2 aliphatic heterocycles. The third kappa shape index (κ3) is 4.02. The zero-order valence-corrected chi connectivity index (χ0v) is 14.0. The summed E-state index contributed by atoms with van der Waals surface area (Å²) in [4.78, 5) is 15.2. The van der Waals surface area contributed by atoms with Gasteiger partial charge in [0.1, 0.15) is 0 Å². The number of halogens is 1. The third-order valence-electron chi connectivity index (χ3n) is 4.87. The van der Waals surface area contributed by atoms with E-state index in [1.54, 1.807) is 0 Å². The van der Waals surface area contributed by atoms with Crippen molar-refractivity contribution >= 4 is 18.3 Å². The molecule has 3 nitrogen and oxygen atoms in total.